The minimum absolute atomic E-state index is 0. The zero-order valence-corrected chi connectivity index (χ0v) is 15.9. The van der Waals surface area contributed by atoms with E-state index in [-0.39, 0.29) is 20.4 Å². The number of alkyl halides is 1. The fourth-order valence-electron chi connectivity index (χ4n) is 0.397. The van der Waals surface area contributed by atoms with Crippen LogP contribution in [-0.2, 0) is 39.6 Å². The standard InChI is InChI=1S/C6H11BrO2S2.3CH2O.Re/c1-10-2-3-11-4-5(7)6(8)9;3*1-2;/h5H,2-4H2,1H3,(H,8,9);3*1H2;/p-1/t5-;;;;/m1..../s1. The quantitative estimate of drug-likeness (QED) is 0.351. The van der Waals surface area contributed by atoms with E-state index in [2.05, 4.69) is 15.9 Å². The van der Waals surface area contributed by atoms with Crippen molar-refractivity contribution in [3.63, 3.8) is 0 Å². The largest absolute Gasteiger partial charge is 0.549 e. The zero-order chi connectivity index (χ0) is 14.7. The molecule has 18 heavy (non-hydrogen) atoms. The molecule has 0 aliphatic carbocycles. The van der Waals surface area contributed by atoms with Crippen molar-refractivity contribution in [1.82, 2.24) is 0 Å². The van der Waals surface area contributed by atoms with Gasteiger partial charge in [0.1, 0.15) is 20.4 Å². The van der Waals surface area contributed by atoms with Crippen molar-refractivity contribution >= 4 is 65.8 Å². The Hall–Kier alpha value is 0.322. The van der Waals surface area contributed by atoms with E-state index in [1.807, 2.05) is 26.6 Å². The van der Waals surface area contributed by atoms with E-state index in [1.54, 1.807) is 23.5 Å². The molecular weight excluding hydrogens is 518 g/mol. The Bertz CT molecular complexity index is 163. The van der Waals surface area contributed by atoms with Crippen molar-refractivity contribution in [1.29, 1.82) is 0 Å². The third-order valence-corrected chi connectivity index (χ3v) is 4.01. The fourth-order valence-corrected chi connectivity index (χ4v) is 2.61. The van der Waals surface area contributed by atoms with Crippen LogP contribution in [0.25, 0.3) is 0 Å². The van der Waals surface area contributed by atoms with Crippen molar-refractivity contribution in [2.75, 3.05) is 23.5 Å². The van der Waals surface area contributed by atoms with Gasteiger partial charge in [-0.3, -0.25) is 0 Å². The molecule has 109 valence electrons. The number of rotatable bonds is 6. The second kappa shape index (κ2) is 36.0. The number of aliphatic carboxylic acids is 1. The SMILES string of the molecule is C=O.C=O.C=O.CSCCSC[C@@H](Br)C(=O)[O-].[Re]. The van der Waals surface area contributed by atoms with Gasteiger partial charge in [-0.1, -0.05) is 15.9 Å². The van der Waals surface area contributed by atoms with Crippen LogP contribution in [0.3, 0.4) is 0 Å². The molecule has 9 heteroatoms. The first-order chi connectivity index (χ1) is 8.18. The second-order valence-corrected chi connectivity index (χ2v) is 5.10. The van der Waals surface area contributed by atoms with Crippen molar-refractivity contribution in [3.8, 4) is 0 Å². The third-order valence-electron chi connectivity index (χ3n) is 0.952. The summed E-state index contributed by atoms with van der Waals surface area (Å²) in [6.45, 7) is 6.00. The molecule has 0 fully saturated rings. The smallest absolute Gasteiger partial charge is 0.106 e. The number of carboxylic acid groups (broad SMARTS) is 1. The summed E-state index contributed by atoms with van der Waals surface area (Å²) >= 11 is 6.39. The van der Waals surface area contributed by atoms with E-state index in [0.717, 1.165) is 11.5 Å². The van der Waals surface area contributed by atoms with Gasteiger partial charge in [0, 0.05) is 37.7 Å². The number of carbonyl (C=O) groups is 4. The molecule has 0 saturated carbocycles. The first kappa shape index (κ1) is 31.0. The Balaban J connectivity index is -0.0000000700. The summed E-state index contributed by atoms with van der Waals surface area (Å²) in [7, 11) is 0. The topological polar surface area (TPSA) is 91.3 Å². The van der Waals surface area contributed by atoms with Gasteiger partial charge in [-0.05, 0) is 6.26 Å². The maximum Gasteiger partial charge on any atom is 0.106 e. The van der Waals surface area contributed by atoms with E-state index in [4.69, 9.17) is 14.4 Å². The van der Waals surface area contributed by atoms with Crippen LogP contribution in [-0.4, -0.2) is 54.7 Å². The van der Waals surface area contributed by atoms with Gasteiger partial charge in [0.2, 0.25) is 0 Å². The van der Waals surface area contributed by atoms with Crippen LogP contribution in [0.4, 0.5) is 0 Å². The summed E-state index contributed by atoms with van der Waals surface area (Å²) in [4.78, 5) is 33.7. The van der Waals surface area contributed by atoms with Crippen LogP contribution in [0.2, 0.25) is 0 Å². The Labute approximate surface area is 138 Å². The first-order valence-electron chi connectivity index (χ1n) is 3.96. The normalized spacial score (nSPS) is 8.56. The van der Waals surface area contributed by atoms with E-state index >= 15 is 0 Å². The molecule has 0 aromatic carbocycles. The maximum atomic E-state index is 10.2. The molecule has 0 aromatic rings. The van der Waals surface area contributed by atoms with Gasteiger partial charge in [0.25, 0.3) is 0 Å². The molecule has 0 bridgehead atoms. The summed E-state index contributed by atoms with van der Waals surface area (Å²) in [6, 6.07) is 0. The van der Waals surface area contributed by atoms with Crippen molar-refractivity contribution in [2.24, 2.45) is 0 Å². The fraction of sp³-hybridized carbons (Fsp3) is 0.556. The van der Waals surface area contributed by atoms with Gasteiger partial charge in [0.15, 0.2) is 0 Å². The molecule has 0 spiro atoms. The Kier molecular flexibility index (Phi) is 62.0. The Morgan fingerprint density at radius 2 is 1.56 bits per heavy atom. The molecule has 0 rings (SSSR count). The third kappa shape index (κ3) is 36.0. The number of hydrogen-bond donors (Lipinski definition) is 0. The number of hydrogen-bond acceptors (Lipinski definition) is 7. The van der Waals surface area contributed by atoms with Gasteiger partial charge in [-0.15, -0.1) is 0 Å². The summed E-state index contributed by atoms with van der Waals surface area (Å²) in [5.74, 6) is 1.62. The monoisotopic (exact) mass is 534 g/mol. The molecule has 1 atom stereocenters. The molecule has 0 aromatic heterocycles. The number of carbonyl (C=O) groups excluding carboxylic acids is 4. The summed E-state index contributed by atoms with van der Waals surface area (Å²) < 4.78 is 0. The molecule has 0 saturated heterocycles. The summed E-state index contributed by atoms with van der Waals surface area (Å²) in [6.07, 6.45) is 2.03. The molecule has 0 N–H and O–H groups in total. The van der Waals surface area contributed by atoms with E-state index < -0.39 is 10.8 Å². The van der Waals surface area contributed by atoms with Crippen molar-refractivity contribution < 1.29 is 44.7 Å². The molecule has 0 amide bonds. The van der Waals surface area contributed by atoms with Gasteiger partial charge < -0.3 is 24.3 Å². The minimum Gasteiger partial charge on any atom is -0.549 e. The molecule has 5 nitrogen and oxygen atoms in total. The second-order valence-electron chi connectivity index (χ2n) is 1.85. The summed E-state index contributed by atoms with van der Waals surface area (Å²) in [5, 5.41) is 10.2. The molecule has 0 aliphatic heterocycles. The number of carboxylic acids is 1. The molecule has 0 aliphatic rings. The minimum atomic E-state index is -1.03. The average Bonchev–Trinajstić information content (AvgIpc) is 2.41. The molecular formula is C9H16BrO5ReS2-. The molecule has 0 heterocycles. The zero-order valence-electron chi connectivity index (χ0n) is 9.93. The van der Waals surface area contributed by atoms with Crippen molar-refractivity contribution in [2.45, 2.75) is 4.83 Å². The number of halogens is 1. The van der Waals surface area contributed by atoms with Crippen LogP contribution >= 0.6 is 39.5 Å². The average molecular weight is 534 g/mol. The summed E-state index contributed by atoms with van der Waals surface area (Å²) in [5.41, 5.74) is 0. The molecule has 0 unspecified atom stereocenters. The van der Waals surface area contributed by atoms with Crippen LogP contribution in [0.5, 0.6) is 0 Å². The maximum absolute atomic E-state index is 10.2. The van der Waals surface area contributed by atoms with Gasteiger partial charge >= 0.3 is 0 Å². The Morgan fingerprint density at radius 1 is 1.17 bits per heavy atom. The van der Waals surface area contributed by atoms with Crippen LogP contribution in [0.1, 0.15) is 0 Å². The Morgan fingerprint density at radius 3 is 1.83 bits per heavy atom. The van der Waals surface area contributed by atoms with Gasteiger partial charge in [0.05, 0.1) is 10.8 Å². The van der Waals surface area contributed by atoms with E-state index in [1.165, 1.54) is 0 Å². The van der Waals surface area contributed by atoms with Gasteiger partial charge in [-0.2, -0.15) is 23.5 Å². The first-order valence-corrected chi connectivity index (χ1v) is 7.43. The predicted molar refractivity (Wildman–Crippen MR) is 74.8 cm³/mol. The van der Waals surface area contributed by atoms with Crippen LogP contribution < -0.4 is 5.11 Å². The number of thioether (sulfide) groups is 2. The van der Waals surface area contributed by atoms with Crippen LogP contribution in [0, 0.1) is 0 Å². The predicted octanol–water partition coefficient (Wildman–Crippen LogP) is 0.0388. The van der Waals surface area contributed by atoms with Crippen LogP contribution in [0.15, 0.2) is 0 Å². The van der Waals surface area contributed by atoms with E-state index in [9.17, 15) is 9.90 Å². The molecule has 1 radical (unpaired) electrons. The van der Waals surface area contributed by atoms with Gasteiger partial charge in [-0.25, -0.2) is 0 Å². The van der Waals surface area contributed by atoms with E-state index in [0.29, 0.717) is 5.75 Å². The van der Waals surface area contributed by atoms with Crippen molar-refractivity contribution in [3.05, 3.63) is 0 Å².